The molecule has 0 aromatic carbocycles. The second-order valence-corrected chi connectivity index (χ2v) is 5.42. The molecule has 2 aromatic rings. The highest BCUT2D eigenvalue weighted by atomic mass is 15.4. The number of rotatable bonds is 2. The van der Waals surface area contributed by atoms with Gasteiger partial charge in [0, 0.05) is 18.0 Å². The number of hydrogen-bond donors (Lipinski definition) is 1. The molecule has 1 atom stereocenters. The van der Waals surface area contributed by atoms with Crippen molar-refractivity contribution in [1.29, 1.82) is 0 Å². The van der Waals surface area contributed by atoms with Gasteiger partial charge in [-0.1, -0.05) is 13.0 Å². The summed E-state index contributed by atoms with van der Waals surface area (Å²) < 4.78 is 1.63. The molecule has 5 heteroatoms. The molecule has 1 aliphatic carbocycles. The van der Waals surface area contributed by atoms with Crippen LogP contribution in [0.25, 0.3) is 11.5 Å². The average molecular weight is 269 g/mol. The summed E-state index contributed by atoms with van der Waals surface area (Å²) >= 11 is 0. The number of nitrogens with zero attached hydrogens (tertiary/aromatic N) is 4. The summed E-state index contributed by atoms with van der Waals surface area (Å²) in [5, 5.41) is 4.51. The second-order valence-electron chi connectivity index (χ2n) is 5.42. The van der Waals surface area contributed by atoms with Crippen LogP contribution < -0.4 is 5.73 Å². The van der Waals surface area contributed by atoms with Crippen molar-refractivity contribution in [2.75, 3.05) is 5.73 Å². The summed E-state index contributed by atoms with van der Waals surface area (Å²) in [7, 11) is 0. The summed E-state index contributed by atoms with van der Waals surface area (Å²) in [5.41, 5.74) is 9.60. The van der Waals surface area contributed by atoms with Crippen LogP contribution >= 0.6 is 0 Å². The minimum Gasteiger partial charge on any atom is -0.383 e. The predicted molar refractivity (Wildman–Crippen MR) is 79.3 cm³/mol. The molecule has 2 N–H and O–H groups in total. The van der Waals surface area contributed by atoms with Crippen LogP contribution in [0.3, 0.4) is 0 Å². The second kappa shape index (κ2) is 5.07. The van der Waals surface area contributed by atoms with Crippen LogP contribution in [-0.2, 0) is 0 Å². The molecule has 2 aromatic heterocycles. The molecule has 0 fully saturated rings. The maximum absolute atomic E-state index is 6.29. The number of aromatic nitrogens is 4. The van der Waals surface area contributed by atoms with E-state index in [9.17, 15) is 0 Å². The highest BCUT2D eigenvalue weighted by molar-refractivity contribution is 5.76. The zero-order chi connectivity index (χ0) is 14.1. The highest BCUT2D eigenvalue weighted by Gasteiger charge is 2.21. The molecule has 1 unspecified atom stereocenters. The molecule has 0 radical (unpaired) electrons. The van der Waals surface area contributed by atoms with Gasteiger partial charge >= 0.3 is 0 Å². The first-order valence-corrected chi connectivity index (χ1v) is 6.98. The Morgan fingerprint density at radius 3 is 2.75 bits per heavy atom. The van der Waals surface area contributed by atoms with E-state index in [4.69, 9.17) is 5.73 Å². The van der Waals surface area contributed by atoms with Gasteiger partial charge in [0.05, 0.1) is 5.69 Å². The molecule has 3 rings (SSSR count). The SMILES string of the molecule is Cc1nn(-c2ncccn2)c(N)c1C1=CCCC(C)C1. The van der Waals surface area contributed by atoms with E-state index in [0.717, 1.165) is 24.1 Å². The number of anilines is 1. The van der Waals surface area contributed by atoms with Gasteiger partial charge in [-0.3, -0.25) is 0 Å². The van der Waals surface area contributed by atoms with Crippen LogP contribution in [0, 0.1) is 12.8 Å². The molecule has 0 spiro atoms. The number of hydrogen-bond acceptors (Lipinski definition) is 4. The number of nitrogens with two attached hydrogens (primary N) is 1. The predicted octanol–water partition coefficient (Wildman–Crippen LogP) is 2.76. The molecular weight excluding hydrogens is 250 g/mol. The molecule has 0 saturated heterocycles. The zero-order valence-corrected chi connectivity index (χ0v) is 11.9. The van der Waals surface area contributed by atoms with Gasteiger partial charge in [-0.2, -0.15) is 9.78 Å². The normalized spacial score (nSPS) is 18.9. The van der Waals surface area contributed by atoms with E-state index < -0.39 is 0 Å². The van der Waals surface area contributed by atoms with Crippen molar-refractivity contribution >= 4 is 11.4 Å². The molecule has 1 aliphatic rings. The van der Waals surface area contributed by atoms with Crippen LogP contribution in [0.5, 0.6) is 0 Å². The fraction of sp³-hybridized carbons (Fsp3) is 0.400. The lowest BCUT2D eigenvalue weighted by atomic mass is 9.86. The first kappa shape index (κ1) is 12.8. The fourth-order valence-corrected chi connectivity index (χ4v) is 2.80. The van der Waals surface area contributed by atoms with E-state index in [-0.39, 0.29) is 0 Å². The Labute approximate surface area is 118 Å². The third-order valence-electron chi connectivity index (χ3n) is 3.78. The lowest BCUT2D eigenvalue weighted by molar-refractivity contribution is 0.536. The summed E-state index contributed by atoms with van der Waals surface area (Å²) in [6.07, 6.45) is 9.10. The molecule has 5 nitrogen and oxygen atoms in total. The maximum atomic E-state index is 6.29. The third kappa shape index (κ3) is 2.19. The first-order chi connectivity index (χ1) is 9.66. The molecule has 0 amide bonds. The monoisotopic (exact) mass is 269 g/mol. The van der Waals surface area contributed by atoms with E-state index in [1.807, 2.05) is 6.92 Å². The van der Waals surface area contributed by atoms with E-state index >= 15 is 0 Å². The Balaban J connectivity index is 2.06. The van der Waals surface area contributed by atoms with Gasteiger partial charge in [-0.05, 0) is 43.7 Å². The van der Waals surface area contributed by atoms with Gasteiger partial charge in [0.2, 0.25) is 0 Å². The molecule has 104 valence electrons. The summed E-state index contributed by atoms with van der Waals surface area (Å²) in [5.74, 6) is 1.85. The standard InChI is InChI=1S/C15H19N5/c1-10-5-3-6-12(9-10)13-11(2)19-20(14(13)16)15-17-7-4-8-18-15/h4,6-8,10H,3,5,9,16H2,1-2H3. The summed E-state index contributed by atoms with van der Waals surface area (Å²) in [6.45, 7) is 4.27. The largest absolute Gasteiger partial charge is 0.383 e. The smallest absolute Gasteiger partial charge is 0.252 e. The first-order valence-electron chi connectivity index (χ1n) is 6.98. The molecule has 2 heterocycles. The summed E-state index contributed by atoms with van der Waals surface area (Å²) in [4.78, 5) is 8.43. The average Bonchev–Trinajstić information content (AvgIpc) is 2.75. The Morgan fingerprint density at radius 1 is 1.30 bits per heavy atom. The third-order valence-corrected chi connectivity index (χ3v) is 3.78. The molecule has 20 heavy (non-hydrogen) atoms. The van der Waals surface area contributed by atoms with Gasteiger partial charge in [0.1, 0.15) is 5.82 Å². The van der Waals surface area contributed by atoms with Gasteiger partial charge in [-0.25, -0.2) is 9.97 Å². The quantitative estimate of drug-likeness (QED) is 0.910. The number of allylic oxidation sites excluding steroid dienone is 2. The zero-order valence-electron chi connectivity index (χ0n) is 11.9. The molecular formula is C15H19N5. The van der Waals surface area contributed by atoms with E-state index in [0.29, 0.717) is 17.7 Å². The number of aryl methyl sites for hydroxylation is 1. The highest BCUT2D eigenvalue weighted by Crippen LogP contribution is 2.35. The maximum Gasteiger partial charge on any atom is 0.252 e. The van der Waals surface area contributed by atoms with E-state index in [1.165, 1.54) is 12.0 Å². The van der Waals surface area contributed by atoms with Gasteiger partial charge < -0.3 is 5.73 Å². The number of nitrogen functional groups attached to an aromatic ring is 1. The lowest BCUT2D eigenvalue weighted by Gasteiger charge is -2.19. The molecule has 0 aliphatic heterocycles. The van der Waals surface area contributed by atoms with Crippen LogP contribution in [0.2, 0.25) is 0 Å². The Hall–Kier alpha value is -2.17. The topological polar surface area (TPSA) is 69.6 Å². The van der Waals surface area contributed by atoms with Crippen LogP contribution in [-0.4, -0.2) is 19.7 Å². The minimum absolute atomic E-state index is 0.517. The lowest BCUT2D eigenvalue weighted by Crippen LogP contribution is -2.07. The van der Waals surface area contributed by atoms with E-state index in [2.05, 4.69) is 28.1 Å². The van der Waals surface area contributed by atoms with Crippen LogP contribution in [0.4, 0.5) is 5.82 Å². The van der Waals surface area contributed by atoms with Crippen molar-refractivity contribution in [3.63, 3.8) is 0 Å². The van der Waals surface area contributed by atoms with Gasteiger partial charge in [0.15, 0.2) is 0 Å². The Bertz CT molecular complexity index is 642. The Kier molecular flexibility index (Phi) is 3.26. The fourth-order valence-electron chi connectivity index (χ4n) is 2.80. The van der Waals surface area contributed by atoms with Crippen molar-refractivity contribution in [2.45, 2.75) is 33.1 Å². The Morgan fingerprint density at radius 2 is 2.05 bits per heavy atom. The van der Waals surface area contributed by atoms with Crippen molar-refractivity contribution in [2.24, 2.45) is 5.92 Å². The molecule has 0 saturated carbocycles. The minimum atomic E-state index is 0.517. The van der Waals surface area contributed by atoms with Crippen molar-refractivity contribution in [3.05, 3.63) is 35.8 Å². The van der Waals surface area contributed by atoms with Crippen LogP contribution in [0.1, 0.15) is 37.4 Å². The van der Waals surface area contributed by atoms with Crippen molar-refractivity contribution in [1.82, 2.24) is 19.7 Å². The van der Waals surface area contributed by atoms with Gasteiger partial charge in [-0.15, -0.1) is 0 Å². The van der Waals surface area contributed by atoms with Crippen LogP contribution in [0.15, 0.2) is 24.5 Å². The molecule has 0 bridgehead atoms. The van der Waals surface area contributed by atoms with Crippen molar-refractivity contribution < 1.29 is 0 Å². The van der Waals surface area contributed by atoms with E-state index in [1.54, 1.807) is 23.1 Å². The van der Waals surface area contributed by atoms with Crippen molar-refractivity contribution in [3.8, 4) is 5.95 Å². The van der Waals surface area contributed by atoms with Gasteiger partial charge in [0.25, 0.3) is 5.95 Å². The summed E-state index contributed by atoms with van der Waals surface area (Å²) in [6, 6.07) is 1.78.